The molecule has 1 aliphatic heterocycles. The topological polar surface area (TPSA) is 57.6 Å². The standard InChI is InChI=1S/C14H16F3NO3S/c1-13(2,10-4-3-5-22-10)12(21)18-6-8(11(19)20)9(7-18)14(15,16)17/h3-5,8-9H,6-7H2,1-2H3,(H,19,20)/t8-,9-/m1/s1. The maximum Gasteiger partial charge on any atom is 0.394 e. The molecular weight excluding hydrogens is 319 g/mol. The molecular formula is C14H16F3NO3S. The fourth-order valence-electron chi connectivity index (χ4n) is 2.69. The number of carbonyl (C=O) groups is 2. The van der Waals surface area contributed by atoms with Crippen LogP contribution in [0.2, 0.25) is 0 Å². The van der Waals surface area contributed by atoms with Crippen molar-refractivity contribution in [2.75, 3.05) is 13.1 Å². The molecule has 0 aromatic carbocycles. The van der Waals surface area contributed by atoms with Gasteiger partial charge in [0.25, 0.3) is 0 Å². The quantitative estimate of drug-likeness (QED) is 0.924. The SMILES string of the molecule is CC(C)(C(=O)N1C[C@@H](C(F)(F)F)[C@H](C(=O)O)C1)c1cccs1. The highest BCUT2D eigenvalue weighted by molar-refractivity contribution is 7.10. The van der Waals surface area contributed by atoms with Gasteiger partial charge in [-0.1, -0.05) is 6.07 Å². The van der Waals surface area contributed by atoms with Gasteiger partial charge in [0.15, 0.2) is 0 Å². The average molecular weight is 335 g/mol. The zero-order valence-electron chi connectivity index (χ0n) is 12.1. The van der Waals surface area contributed by atoms with E-state index in [-0.39, 0.29) is 0 Å². The predicted octanol–water partition coefficient (Wildman–Crippen LogP) is 2.75. The van der Waals surface area contributed by atoms with Crippen LogP contribution in [0.4, 0.5) is 13.2 Å². The van der Waals surface area contributed by atoms with Crippen LogP contribution in [0, 0.1) is 11.8 Å². The van der Waals surface area contributed by atoms with E-state index in [0.717, 1.165) is 9.78 Å². The van der Waals surface area contributed by atoms with Crippen molar-refractivity contribution in [3.8, 4) is 0 Å². The third kappa shape index (κ3) is 2.97. The summed E-state index contributed by atoms with van der Waals surface area (Å²) in [5, 5.41) is 10.8. The minimum Gasteiger partial charge on any atom is -0.481 e. The number of rotatable bonds is 3. The van der Waals surface area contributed by atoms with Crippen molar-refractivity contribution in [2.45, 2.75) is 25.4 Å². The van der Waals surface area contributed by atoms with Gasteiger partial charge in [-0.3, -0.25) is 9.59 Å². The molecule has 22 heavy (non-hydrogen) atoms. The smallest absolute Gasteiger partial charge is 0.394 e. The van der Waals surface area contributed by atoms with Gasteiger partial charge in [0.05, 0.1) is 17.3 Å². The van der Waals surface area contributed by atoms with Crippen molar-refractivity contribution in [2.24, 2.45) is 11.8 Å². The van der Waals surface area contributed by atoms with Crippen molar-refractivity contribution >= 4 is 23.2 Å². The van der Waals surface area contributed by atoms with Crippen LogP contribution in [-0.2, 0) is 15.0 Å². The van der Waals surface area contributed by atoms with E-state index in [1.807, 2.05) is 0 Å². The largest absolute Gasteiger partial charge is 0.481 e. The Labute approximate surface area is 129 Å². The van der Waals surface area contributed by atoms with Gasteiger partial charge in [-0.2, -0.15) is 13.2 Å². The molecule has 1 amide bonds. The molecule has 0 saturated carbocycles. The van der Waals surface area contributed by atoms with Gasteiger partial charge in [-0.05, 0) is 25.3 Å². The highest BCUT2D eigenvalue weighted by atomic mass is 32.1. The van der Waals surface area contributed by atoms with E-state index in [1.54, 1.807) is 31.4 Å². The lowest BCUT2D eigenvalue weighted by molar-refractivity contribution is -0.188. The van der Waals surface area contributed by atoms with Gasteiger partial charge >= 0.3 is 12.1 Å². The van der Waals surface area contributed by atoms with Crippen LogP contribution in [0.25, 0.3) is 0 Å². The normalized spacial score (nSPS) is 22.9. The number of thiophene rings is 1. The van der Waals surface area contributed by atoms with Crippen LogP contribution in [-0.4, -0.2) is 41.1 Å². The van der Waals surface area contributed by atoms with E-state index in [0.29, 0.717) is 0 Å². The summed E-state index contributed by atoms with van der Waals surface area (Å²) in [4.78, 5) is 25.4. The lowest BCUT2D eigenvalue weighted by Gasteiger charge is -2.28. The van der Waals surface area contributed by atoms with Crippen molar-refractivity contribution in [3.63, 3.8) is 0 Å². The molecule has 2 atom stereocenters. The molecule has 0 spiro atoms. The predicted molar refractivity (Wildman–Crippen MR) is 74.6 cm³/mol. The maximum atomic E-state index is 13.0. The average Bonchev–Trinajstić information content (AvgIpc) is 3.06. The number of nitrogens with zero attached hydrogens (tertiary/aromatic N) is 1. The maximum absolute atomic E-state index is 13.0. The lowest BCUT2D eigenvalue weighted by Crippen LogP contribution is -2.42. The summed E-state index contributed by atoms with van der Waals surface area (Å²) in [7, 11) is 0. The molecule has 0 bridgehead atoms. The summed E-state index contributed by atoms with van der Waals surface area (Å²) in [6.45, 7) is 2.26. The number of hydrogen-bond donors (Lipinski definition) is 1. The number of carboxylic acid groups (broad SMARTS) is 1. The first-order chi connectivity index (χ1) is 10.0. The number of carbonyl (C=O) groups excluding carboxylic acids is 1. The Balaban J connectivity index is 2.24. The number of hydrogen-bond acceptors (Lipinski definition) is 3. The van der Waals surface area contributed by atoms with Crippen LogP contribution >= 0.6 is 11.3 Å². The highest BCUT2D eigenvalue weighted by Crippen LogP contribution is 2.40. The molecule has 1 aromatic heterocycles. The van der Waals surface area contributed by atoms with Crippen LogP contribution in [0.5, 0.6) is 0 Å². The van der Waals surface area contributed by atoms with Crippen molar-refractivity contribution < 1.29 is 27.9 Å². The third-order valence-corrected chi connectivity index (χ3v) is 5.21. The molecule has 1 aliphatic rings. The summed E-state index contributed by atoms with van der Waals surface area (Å²) in [5.41, 5.74) is -0.974. The number of aliphatic carboxylic acids is 1. The molecule has 1 aromatic rings. The van der Waals surface area contributed by atoms with Gasteiger partial charge in [-0.25, -0.2) is 0 Å². The second kappa shape index (κ2) is 5.57. The van der Waals surface area contributed by atoms with Crippen LogP contribution < -0.4 is 0 Å². The van der Waals surface area contributed by atoms with Crippen LogP contribution in [0.3, 0.4) is 0 Å². The van der Waals surface area contributed by atoms with E-state index in [1.165, 1.54) is 11.3 Å². The molecule has 1 saturated heterocycles. The summed E-state index contributed by atoms with van der Waals surface area (Å²) >= 11 is 1.34. The first kappa shape index (κ1) is 16.8. The Morgan fingerprint density at radius 1 is 1.32 bits per heavy atom. The monoisotopic (exact) mass is 335 g/mol. The van der Waals surface area contributed by atoms with E-state index in [2.05, 4.69) is 0 Å². The molecule has 1 N–H and O–H groups in total. The third-order valence-electron chi connectivity index (χ3n) is 4.02. The molecule has 0 unspecified atom stereocenters. The Bertz CT molecular complexity index is 568. The number of amides is 1. The Morgan fingerprint density at radius 3 is 2.36 bits per heavy atom. The Hall–Kier alpha value is -1.57. The highest BCUT2D eigenvalue weighted by Gasteiger charge is 2.54. The minimum atomic E-state index is -4.63. The van der Waals surface area contributed by atoms with Crippen molar-refractivity contribution in [3.05, 3.63) is 22.4 Å². The molecule has 8 heteroatoms. The summed E-state index contributed by atoms with van der Waals surface area (Å²) < 4.78 is 38.9. The summed E-state index contributed by atoms with van der Waals surface area (Å²) in [6, 6.07) is 3.51. The Morgan fingerprint density at radius 2 is 1.95 bits per heavy atom. The molecule has 1 fully saturated rings. The second-order valence-corrected chi connectivity index (χ2v) is 6.85. The van der Waals surface area contributed by atoms with Crippen molar-refractivity contribution in [1.29, 1.82) is 0 Å². The van der Waals surface area contributed by atoms with Gasteiger partial charge in [-0.15, -0.1) is 11.3 Å². The zero-order valence-corrected chi connectivity index (χ0v) is 12.9. The first-order valence-electron chi connectivity index (χ1n) is 6.68. The molecule has 2 heterocycles. The Kier molecular flexibility index (Phi) is 4.25. The van der Waals surface area contributed by atoms with E-state index in [9.17, 15) is 22.8 Å². The first-order valence-corrected chi connectivity index (χ1v) is 7.56. The summed E-state index contributed by atoms with van der Waals surface area (Å²) in [6.07, 6.45) is -4.63. The number of alkyl halides is 3. The number of likely N-dealkylation sites (tertiary alicyclic amines) is 1. The molecule has 2 rings (SSSR count). The van der Waals surface area contributed by atoms with E-state index >= 15 is 0 Å². The van der Waals surface area contributed by atoms with E-state index in [4.69, 9.17) is 5.11 Å². The van der Waals surface area contributed by atoms with E-state index < -0.39 is 48.4 Å². The molecule has 0 aliphatic carbocycles. The number of carboxylic acids is 1. The minimum absolute atomic E-state index is 0.410. The van der Waals surface area contributed by atoms with Gasteiger partial charge in [0, 0.05) is 18.0 Å². The fourth-order valence-corrected chi connectivity index (χ4v) is 3.53. The summed E-state index contributed by atoms with van der Waals surface area (Å²) in [5.74, 6) is -5.63. The number of halogens is 3. The van der Waals surface area contributed by atoms with Crippen molar-refractivity contribution in [1.82, 2.24) is 4.90 Å². The molecule has 122 valence electrons. The van der Waals surface area contributed by atoms with Crippen LogP contribution in [0.15, 0.2) is 17.5 Å². The molecule has 4 nitrogen and oxygen atoms in total. The zero-order chi connectivity index (χ0) is 16.7. The van der Waals surface area contributed by atoms with Gasteiger partial charge < -0.3 is 10.0 Å². The van der Waals surface area contributed by atoms with Crippen LogP contribution in [0.1, 0.15) is 18.7 Å². The molecule has 0 radical (unpaired) electrons. The van der Waals surface area contributed by atoms with Gasteiger partial charge in [0.2, 0.25) is 5.91 Å². The fraction of sp³-hybridized carbons (Fsp3) is 0.571. The second-order valence-electron chi connectivity index (χ2n) is 5.91. The van der Waals surface area contributed by atoms with Gasteiger partial charge in [0.1, 0.15) is 0 Å². The lowest BCUT2D eigenvalue weighted by atomic mass is 9.89.